The predicted octanol–water partition coefficient (Wildman–Crippen LogP) is 2.63. The molecule has 16 heavy (non-hydrogen) atoms. The van der Waals surface area contributed by atoms with Gasteiger partial charge < -0.3 is 8.80 Å². The van der Waals surface area contributed by atoms with Crippen LogP contribution in [-0.2, 0) is 3.07 Å². The van der Waals surface area contributed by atoms with Gasteiger partial charge in [0, 0.05) is 5.39 Å². The maximum atomic E-state index is 11.3. The van der Waals surface area contributed by atoms with Crippen LogP contribution in [0.25, 0.3) is 10.9 Å². The summed E-state index contributed by atoms with van der Waals surface area (Å²) in [5.74, 6) is 0.147. The largest absolute Gasteiger partial charge is 0.391 e. The number of anilines is 1. The van der Waals surface area contributed by atoms with Crippen LogP contribution in [0.1, 0.15) is 15.9 Å². The maximum absolute atomic E-state index is 11.3. The summed E-state index contributed by atoms with van der Waals surface area (Å²) in [6.45, 7) is 1.88. The zero-order valence-electron chi connectivity index (χ0n) is 8.53. The molecule has 4 nitrogen and oxygen atoms in total. The first-order valence-electron chi connectivity index (χ1n) is 4.61. The van der Waals surface area contributed by atoms with Crippen LogP contribution >= 0.6 is 23.0 Å². The van der Waals surface area contributed by atoms with Crippen molar-refractivity contribution in [3.05, 3.63) is 35.4 Å². The van der Waals surface area contributed by atoms with Crippen molar-refractivity contribution in [1.82, 2.24) is 4.98 Å². The van der Waals surface area contributed by atoms with Crippen LogP contribution in [0.5, 0.6) is 0 Å². The van der Waals surface area contributed by atoms with E-state index in [1.165, 1.54) is 0 Å². The number of rotatable bonds is 1. The van der Waals surface area contributed by atoms with Gasteiger partial charge in [0.2, 0.25) is 0 Å². The van der Waals surface area contributed by atoms with E-state index in [9.17, 15) is 4.79 Å². The molecule has 2 rings (SSSR count). The van der Waals surface area contributed by atoms with Crippen molar-refractivity contribution >= 4 is 45.7 Å². The lowest BCUT2D eigenvalue weighted by atomic mass is 10.1. The minimum atomic E-state index is -0.364. The lowest BCUT2D eigenvalue weighted by Crippen LogP contribution is -1.99. The van der Waals surface area contributed by atoms with Crippen LogP contribution in [0.2, 0.25) is 0 Å². The van der Waals surface area contributed by atoms with Gasteiger partial charge in [-0.15, -0.1) is 0 Å². The Hall–Kier alpha value is -1.37. The number of aryl methyl sites for hydroxylation is 1. The van der Waals surface area contributed by atoms with Gasteiger partial charge in [-0.1, -0.05) is 0 Å². The Balaban J connectivity index is 2.62. The fraction of sp³-hybridized carbons (Fsp3) is 0.0909. The summed E-state index contributed by atoms with van der Waals surface area (Å²) in [4.78, 5) is 15.6. The average molecular weight is 328 g/mol. The van der Waals surface area contributed by atoms with E-state index in [1.807, 2.05) is 13.0 Å². The molecule has 0 saturated carbocycles. The highest BCUT2D eigenvalue weighted by Crippen LogP contribution is 2.19. The minimum Gasteiger partial charge on any atom is -0.391 e. The predicted molar refractivity (Wildman–Crippen MR) is 70.3 cm³/mol. The molecule has 0 bridgehead atoms. The Morgan fingerprint density at radius 1 is 1.44 bits per heavy atom. The molecule has 0 amide bonds. The second kappa shape index (κ2) is 4.25. The molecule has 0 spiro atoms. The van der Waals surface area contributed by atoms with Gasteiger partial charge in [-0.3, -0.25) is 0 Å². The molecule has 0 aliphatic heterocycles. The summed E-state index contributed by atoms with van der Waals surface area (Å²) in [6, 6.07) is 7.08. The fourth-order valence-electron chi connectivity index (χ4n) is 1.47. The van der Waals surface area contributed by atoms with Crippen molar-refractivity contribution in [1.29, 1.82) is 0 Å². The van der Waals surface area contributed by atoms with E-state index in [1.54, 1.807) is 41.2 Å². The molecule has 0 radical (unpaired) electrons. The lowest BCUT2D eigenvalue weighted by molar-refractivity contribution is 0.0800. The molecule has 0 atom stereocenters. The summed E-state index contributed by atoms with van der Waals surface area (Å²) >= 11 is 1.57. The molecule has 0 aliphatic rings. The molecule has 0 aliphatic carbocycles. The summed E-state index contributed by atoms with van der Waals surface area (Å²) in [5, 5.41) is 0.881. The molecular formula is C11H9IN2O2. The van der Waals surface area contributed by atoms with Gasteiger partial charge in [0.25, 0.3) is 0 Å². The van der Waals surface area contributed by atoms with Gasteiger partial charge in [0.05, 0.1) is 11.1 Å². The number of carbonyl (C=O) groups is 1. The highest BCUT2D eigenvalue weighted by atomic mass is 127. The van der Waals surface area contributed by atoms with Crippen molar-refractivity contribution in [3.63, 3.8) is 0 Å². The van der Waals surface area contributed by atoms with E-state index in [0.29, 0.717) is 11.4 Å². The number of aromatic nitrogens is 1. The monoisotopic (exact) mass is 328 g/mol. The highest BCUT2D eigenvalue weighted by molar-refractivity contribution is 14.1. The Kier molecular flexibility index (Phi) is 2.95. The molecule has 0 saturated heterocycles. The molecule has 1 heterocycles. The van der Waals surface area contributed by atoms with E-state index < -0.39 is 0 Å². The Morgan fingerprint density at radius 2 is 2.19 bits per heavy atom. The topological polar surface area (TPSA) is 65.2 Å². The number of carbonyl (C=O) groups excluding carboxylic acids is 1. The number of hydrogen-bond acceptors (Lipinski definition) is 4. The van der Waals surface area contributed by atoms with Gasteiger partial charge in [0.15, 0.2) is 23.0 Å². The quantitative estimate of drug-likeness (QED) is 0.818. The van der Waals surface area contributed by atoms with Crippen LogP contribution in [0.3, 0.4) is 0 Å². The standard InChI is InChI=1S/C11H9IN2O2/c1-6-4-8-5-7(11(15)16-12)2-3-9(8)14-10(6)13/h2-5H,1H3,(H2,13,14). The summed E-state index contributed by atoms with van der Waals surface area (Å²) in [7, 11) is 0. The number of fused-ring (bicyclic) bond motifs is 1. The van der Waals surface area contributed by atoms with Crippen LogP contribution in [0, 0.1) is 6.92 Å². The van der Waals surface area contributed by atoms with Crippen molar-refractivity contribution < 1.29 is 7.86 Å². The molecule has 1 aromatic heterocycles. The Morgan fingerprint density at radius 3 is 2.88 bits per heavy atom. The Labute approximate surface area is 106 Å². The summed E-state index contributed by atoms with van der Waals surface area (Å²) < 4.78 is 4.63. The van der Waals surface area contributed by atoms with Crippen molar-refractivity contribution in [2.45, 2.75) is 6.92 Å². The molecule has 82 valence electrons. The van der Waals surface area contributed by atoms with Crippen LogP contribution in [-0.4, -0.2) is 11.0 Å². The Bertz CT molecular complexity index is 569. The number of nitrogens with two attached hydrogens (primary N) is 1. The van der Waals surface area contributed by atoms with Gasteiger partial charge in [-0.25, -0.2) is 9.78 Å². The number of benzene rings is 1. The second-order valence-corrected chi connectivity index (χ2v) is 3.90. The van der Waals surface area contributed by atoms with E-state index in [4.69, 9.17) is 5.73 Å². The molecule has 1 aromatic carbocycles. The van der Waals surface area contributed by atoms with E-state index in [-0.39, 0.29) is 5.97 Å². The average Bonchev–Trinajstić information content (AvgIpc) is 2.29. The normalized spacial score (nSPS) is 10.4. The number of halogens is 1. The smallest absolute Gasteiger partial charge is 0.347 e. The molecular weight excluding hydrogens is 319 g/mol. The first-order chi connectivity index (χ1) is 7.61. The molecule has 5 heteroatoms. The third kappa shape index (κ3) is 1.95. The number of nitrogen functional groups attached to an aromatic ring is 1. The van der Waals surface area contributed by atoms with Gasteiger partial charge in [-0.2, -0.15) is 0 Å². The second-order valence-electron chi connectivity index (χ2n) is 3.46. The molecule has 0 unspecified atom stereocenters. The zero-order chi connectivity index (χ0) is 11.7. The number of nitrogens with zero attached hydrogens (tertiary/aromatic N) is 1. The summed E-state index contributed by atoms with van der Waals surface area (Å²) in [6.07, 6.45) is 0. The fourth-order valence-corrected chi connectivity index (χ4v) is 1.72. The van der Waals surface area contributed by atoms with Crippen LogP contribution in [0.15, 0.2) is 24.3 Å². The van der Waals surface area contributed by atoms with Crippen LogP contribution < -0.4 is 5.73 Å². The molecule has 2 N–H and O–H groups in total. The van der Waals surface area contributed by atoms with E-state index in [2.05, 4.69) is 8.05 Å². The number of hydrogen-bond donors (Lipinski definition) is 1. The molecule has 0 fully saturated rings. The van der Waals surface area contributed by atoms with Gasteiger partial charge in [-0.05, 0) is 36.8 Å². The number of pyridine rings is 1. The van der Waals surface area contributed by atoms with Crippen molar-refractivity contribution in [2.75, 3.05) is 5.73 Å². The zero-order valence-corrected chi connectivity index (χ0v) is 10.7. The lowest BCUT2D eigenvalue weighted by Gasteiger charge is -2.04. The third-order valence-corrected chi connectivity index (χ3v) is 2.75. The third-order valence-electron chi connectivity index (χ3n) is 2.35. The minimum absolute atomic E-state index is 0.364. The van der Waals surface area contributed by atoms with Crippen LogP contribution in [0.4, 0.5) is 5.82 Å². The highest BCUT2D eigenvalue weighted by Gasteiger charge is 2.08. The SMILES string of the molecule is Cc1cc2cc(C(=O)OI)ccc2nc1N. The molecule has 2 aromatic rings. The van der Waals surface area contributed by atoms with Gasteiger partial charge >= 0.3 is 5.97 Å². The summed E-state index contributed by atoms with van der Waals surface area (Å²) in [5.41, 5.74) is 7.88. The maximum Gasteiger partial charge on any atom is 0.347 e. The van der Waals surface area contributed by atoms with Crippen molar-refractivity contribution in [2.24, 2.45) is 0 Å². The van der Waals surface area contributed by atoms with Gasteiger partial charge in [0.1, 0.15) is 5.82 Å². The van der Waals surface area contributed by atoms with Crippen molar-refractivity contribution in [3.8, 4) is 0 Å². The first-order valence-corrected chi connectivity index (χ1v) is 5.49. The first kappa shape index (κ1) is 11.1. The van der Waals surface area contributed by atoms with E-state index >= 15 is 0 Å². The van der Waals surface area contributed by atoms with E-state index in [0.717, 1.165) is 16.5 Å².